The number of nitrogens with zero attached hydrogens (tertiary/aromatic N) is 1. The van der Waals surface area contributed by atoms with Crippen LogP contribution in [0.2, 0.25) is 0 Å². The smallest absolute Gasteiger partial charge is 0.193 e. The van der Waals surface area contributed by atoms with Crippen molar-refractivity contribution in [1.29, 1.82) is 5.26 Å². The summed E-state index contributed by atoms with van der Waals surface area (Å²) in [5, 5.41) is 8.68. The maximum atomic E-state index is 15.1. The van der Waals surface area contributed by atoms with Crippen molar-refractivity contribution in [3.8, 4) is 29.2 Å². The van der Waals surface area contributed by atoms with Crippen molar-refractivity contribution in [1.82, 2.24) is 4.98 Å². The molecule has 0 unspecified atom stereocenters. The van der Waals surface area contributed by atoms with E-state index in [0.29, 0.717) is 0 Å². The van der Waals surface area contributed by atoms with Gasteiger partial charge in [0.1, 0.15) is 11.6 Å². The Hall–Kier alpha value is -4.34. The lowest BCUT2D eigenvalue weighted by molar-refractivity contribution is 0.585. The molecular formula is C25H13F3N2O3S. The Morgan fingerprint density at radius 3 is 2.35 bits per heavy atom. The molecule has 0 spiro atoms. The predicted octanol–water partition coefficient (Wildman–Crippen LogP) is 4.29. The Morgan fingerprint density at radius 1 is 0.941 bits per heavy atom. The molecule has 1 aromatic heterocycles. The van der Waals surface area contributed by atoms with Gasteiger partial charge >= 0.3 is 0 Å². The number of nitriles is 1. The molecule has 0 aliphatic heterocycles. The third kappa shape index (κ3) is 4.17. The molecule has 0 amide bonds. The Morgan fingerprint density at radius 2 is 1.68 bits per heavy atom. The minimum Gasteiger partial charge on any atom is -0.354 e. The average Bonchev–Trinajstić information content (AvgIpc) is 2.78. The highest BCUT2D eigenvalue weighted by atomic mass is 32.2. The molecule has 0 saturated carbocycles. The zero-order valence-corrected chi connectivity index (χ0v) is 18.2. The van der Waals surface area contributed by atoms with Gasteiger partial charge in [-0.15, -0.1) is 0 Å². The lowest BCUT2D eigenvalue weighted by atomic mass is 10.0. The average molecular weight is 478 g/mol. The van der Waals surface area contributed by atoms with Crippen molar-refractivity contribution in [2.45, 2.75) is 4.90 Å². The van der Waals surface area contributed by atoms with Crippen LogP contribution in [0.3, 0.4) is 0 Å². The van der Waals surface area contributed by atoms with E-state index in [0.717, 1.165) is 24.5 Å². The monoisotopic (exact) mass is 478 g/mol. The van der Waals surface area contributed by atoms with E-state index >= 15 is 4.39 Å². The summed E-state index contributed by atoms with van der Waals surface area (Å²) < 4.78 is 68.0. The summed E-state index contributed by atoms with van der Waals surface area (Å²) in [4.78, 5) is 15.3. The number of fused-ring (bicyclic) bond motifs is 1. The minimum atomic E-state index is -3.76. The van der Waals surface area contributed by atoms with Crippen LogP contribution < -0.4 is 5.43 Å². The number of halogens is 3. The summed E-state index contributed by atoms with van der Waals surface area (Å²) in [6.07, 6.45) is 0.955. The summed E-state index contributed by atoms with van der Waals surface area (Å²) in [6, 6.07) is 12.9. The van der Waals surface area contributed by atoms with Crippen LogP contribution in [0.15, 0.2) is 64.3 Å². The number of aromatic amines is 1. The van der Waals surface area contributed by atoms with Crippen molar-refractivity contribution in [3.05, 3.63) is 99.0 Å². The van der Waals surface area contributed by atoms with Crippen LogP contribution >= 0.6 is 0 Å². The van der Waals surface area contributed by atoms with Crippen LogP contribution in [0, 0.1) is 40.6 Å². The number of H-pyrrole nitrogens is 1. The SMILES string of the molecule is CS(=O)(=O)c1ccc(C#N)cc1-c1cc(=O)c2c(F)c(C#Cc3ccccc3F)c(F)cc2[nH]1. The van der Waals surface area contributed by atoms with Gasteiger partial charge in [0, 0.05) is 17.9 Å². The van der Waals surface area contributed by atoms with Gasteiger partial charge in [-0.1, -0.05) is 24.0 Å². The largest absolute Gasteiger partial charge is 0.354 e. The van der Waals surface area contributed by atoms with E-state index in [2.05, 4.69) is 16.8 Å². The van der Waals surface area contributed by atoms with Crippen molar-refractivity contribution >= 4 is 20.7 Å². The Bertz CT molecular complexity index is 1760. The number of benzene rings is 3. The Kier molecular flexibility index (Phi) is 5.74. The number of hydrogen-bond donors (Lipinski definition) is 1. The van der Waals surface area contributed by atoms with Gasteiger partial charge < -0.3 is 4.98 Å². The van der Waals surface area contributed by atoms with E-state index in [1.165, 1.54) is 36.4 Å². The van der Waals surface area contributed by atoms with Crippen LogP contribution in [0.25, 0.3) is 22.2 Å². The second-order valence-electron chi connectivity index (χ2n) is 7.34. The van der Waals surface area contributed by atoms with E-state index in [1.807, 2.05) is 6.07 Å². The van der Waals surface area contributed by atoms with E-state index in [4.69, 9.17) is 0 Å². The second-order valence-corrected chi connectivity index (χ2v) is 9.33. The molecule has 168 valence electrons. The van der Waals surface area contributed by atoms with Crippen LogP contribution in [0.4, 0.5) is 13.2 Å². The Labute approximate surface area is 192 Å². The molecule has 9 heteroatoms. The fourth-order valence-electron chi connectivity index (χ4n) is 3.43. The first kappa shape index (κ1) is 22.8. The molecule has 0 aliphatic carbocycles. The number of rotatable bonds is 2. The maximum absolute atomic E-state index is 15.1. The normalized spacial score (nSPS) is 11.0. The van der Waals surface area contributed by atoms with E-state index in [1.54, 1.807) is 0 Å². The van der Waals surface area contributed by atoms with Crippen molar-refractivity contribution in [2.75, 3.05) is 6.26 Å². The van der Waals surface area contributed by atoms with Crippen LogP contribution in [0.5, 0.6) is 0 Å². The summed E-state index contributed by atoms with van der Waals surface area (Å²) in [5.41, 5.74) is -1.80. The molecule has 0 radical (unpaired) electrons. The first-order valence-electron chi connectivity index (χ1n) is 9.66. The number of sulfone groups is 1. The van der Waals surface area contributed by atoms with Gasteiger partial charge in [0.25, 0.3) is 0 Å². The fourth-order valence-corrected chi connectivity index (χ4v) is 4.31. The lowest BCUT2D eigenvalue weighted by Crippen LogP contribution is -2.09. The number of aromatic nitrogens is 1. The van der Waals surface area contributed by atoms with Gasteiger partial charge in [-0.05, 0) is 36.4 Å². The molecule has 0 fully saturated rings. The number of pyridine rings is 1. The maximum Gasteiger partial charge on any atom is 0.193 e. The summed E-state index contributed by atoms with van der Waals surface area (Å²) >= 11 is 0. The van der Waals surface area contributed by atoms with Gasteiger partial charge in [-0.2, -0.15) is 5.26 Å². The third-order valence-electron chi connectivity index (χ3n) is 5.00. The second kappa shape index (κ2) is 8.54. The van der Waals surface area contributed by atoms with Gasteiger partial charge in [0.2, 0.25) is 0 Å². The first-order valence-corrected chi connectivity index (χ1v) is 11.6. The molecule has 0 aliphatic rings. The molecule has 0 atom stereocenters. The quantitative estimate of drug-likeness (QED) is 0.435. The molecule has 4 rings (SSSR count). The van der Waals surface area contributed by atoms with Gasteiger partial charge in [-0.25, -0.2) is 21.6 Å². The topological polar surface area (TPSA) is 90.8 Å². The fraction of sp³-hybridized carbons (Fsp3) is 0.0400. The molecule has 0 saturated heterocycles. The van der Waals surface area contributed by atoms with Crippen LogP contribution in [-0.2, 0) is 9.84 Å². The van der Waals surface area contributed by atoms with Gasteiger partial charge in [-0.3, -0.25) is 4.79 Å². The molecule has 5 nitrogen and oxygen atoms in total. The van der Waals surface area contributed by atoms with Gasteiger partial charge in [0.05, 0.1) is 44.3 Å². The van der Waals surface area contributed by atoms with Gasteiger partial charge in [0.15, 0.2) is 21.1 Å². The van der Waals surface area contributed by atoms with Crippen LogP contribution in [-0.4, -0.2) is 19.7 Å². The number of hydrogen-bond acceptors (Lipinski definition) is 4. The number of nitrogens with one attached hydrogen (secondary N) is 1. The van der Waals surface area contributed by atoms with E-state index in [-0.39, 0.29) is 32.8 Å². The highest BCUT2D eigenvalue weighted by Crippen LogP contribution is 2.29. The molecule has 0 bridgehead atoms. The molecule has 3 aromatic carbocycles. The lowest BCUT2D eigenvalue weighted by Gasteiger charge is -2.11. The zero-order valence-electron chi connectivity index (χ0n) is 17.4. The first-order chi connectivity index (χ1) is 16.1. The molecule has 34 heavy (non-hydrogen) atoms. The van der Waals surface area contributed by atoms with E-state index in [9.17, 15) is 27.3 Å². The summed E-state index contributed by atoms with van der Waals surface area (Å²) in [6.45, 7) is 0. The van der Waals surface area contributed by atoms with E-state index < -0.39 is 43.7 Å². The Balaban J connectivity index is 1.95. The highest BCUT2D eigenvalue weighted by Gasteiger charge is 2.20. The summed E-state index contributed by atoms with van der Waals surface area (Å²) in [5.74, 6) is 1.59. The van der Waals surface area contributed by atoms with Crippen LogP contribution in [0.1, 0.15) is 16.7 Å². The predicted molar refractivity (Wildman–Crippen MR) is 120 cm³/mol. The minimum absolute atomic E-state index is 0.00443. The van der Waals surface area contributed by atoms with Crippen molar-refractivity contribution in [2.24, 2.45) is 0 Å². The molecule has 4 aromatic rings. The molecular weight excluding hydrogens is 465 g/mol. The standard InChI is InChI=1S/C25H13F3N2O3S/c1-34(32,33)23-9-6-14(13-29)10-17(23)20-12-22(31)24-21(30-20)11-19(27)16(25(24)28)8-7-15-4-2-3-5-18(15)26/h2-6,9-12H,1H3,(H,30,31). The molecule has 1 heterocycles. The van der Waals surface area contributed by atoms with Crippen molar-refractivity contribution < 1.29 is 21.6 Å². The highest BCUT2D eigenvalue weighted by molar-refractivity contribution is 7.90. The molecule has 1 N–H and O–H groups in total. The summed E-state index contributed by atoms with van der Waals surface area (Å²) in [7, 11) is -3.76. The van der Waals surface area contributed by atoms with Crippen molar-refractivity contribution in [3.63, 3.8) is 0 Å². The third-order valence-corrected chi connectivity index (χ3v) is 6.16. The zero-order chi connectivity index (χ0) is 24.6.